The number of aromatic nitrogens is 5. The van der Waals surface area contributed by atoms with Crippen molar-refractivity contribution < 1.29 is 0 Å². The molecular weight excluding hydrogens is 781 g/mol. The molecule has 6 nitrogen and oxygen atoms in total. The molecule has 6 heteroatoms. The number of pyridine rings is 3. The Morgan fingerprint density at radius 3 is 1.39 bits per heavy atom. The lowest BCUT2D eigenvalue weighted by Crippen LogP contribution is -2.03. The second-order valence-electron chi connectivity index (χ2n) is 16.0. The standard InChI is InChI=1S/C58H36N6/c1-59-52-21-11-8-18-44(52)49-34-58(64-54-23-13-10-20-46(54)48-29-25-41(33-56(48)64)43-27-31-51(61-36-43)39-16-6-3-7-17-39)62-37-57(49)63-53-22-12-9-19-45(53)47-28-24-40(32-55(47)63)42-26-30-50(60-35-42)38-14-4-2-5-15-38/h2-37H. The van der Waals surface area contributed by atoms with Gasteiger partial charge in [0.15, 0.2) is 5.69 Å². The van der Waals surface area contributed by atoms with Crippen LogP contribution in [0.3, 0.4) is 0 Å². The first kappa shape index (κ1) is 36.9. The van der Waals surface area contributed by atoms with E-state index in [0.717, 1.165) is 111 Å². The van der Waals surface area contributed by atoms with Gasteiger partial charge in [0.25, 0.3) is 0 Å². The van der Waals surface area contributed by atoms with E-state index in [2.05, 4.69) is 154 Å². The van der Waals surface area contributed by atoms with Crippen LogP contribution in [-0.2, 0) is 0 Å². The fraction of sp³-hybridized carbons (Fsp3) is 0. The van der Waals surface area contributed by atoms with Crippen molar-refractivity contribution in [1.29, 1.82) is 0 Å². The molecule has 0 saturated heterocycles. The van der Waals surface area contributed by atoms with Gasteiger partial charge >= 0.3 is 0 Å². The van der Waals surface area contributed by atoms with Crippen LogP contribution in [0.25, 0.3) is 116 Å². The van der Waals surface area contributed by atoms with Gasteiger partial charge < -0.3 is 4.57 Å². The second-order valence-corrected chi connectivity index (χ2v) is 16.0. The molecule has 0 spiro atoms. The van der Waals surface area contributed by atoms with E-state index in [4.69, 9.17) is 21.5 Å². The number of nitrogens with zero attached hydrogens (tertiary/aromatic N) is 6. The lowest BCUT2D eigenvalue weighted by Gasteiger charge is -2.17. The summed E-state index contributed by atoms with van der Waals surface area (Å²) in [6.45, 7) is 8.30. The summed E-state index contributed by atoms with van der Waals surface area (Å²) in [4.78, 5) is 19.1. The van der Waals surface area contributed by atoms with E-state index in [9.17, 15) is 0 Å². The molecule has 12 rings (SSSR count). The molecule has 298 valence electrons. The van der Waals surface area contributed by atoms with Crippen LogP contribution in [0.2, 0.25) is 0 Å². The van der Waals surface area contributed by atoms with Crippen LogP contribution in [0.1, 0.15) is 0 Å². The maximum absolute atomic E-state index is 8.30. The van der Waals surface area contributed by atoms with Crippen molar-refractivity contribution >= 4 is 49.3 Å². The van der Waals surface area contributed by atoms with Crippen LogP contribution in [0.4, 0.5) is 5.69 Å². The summed E-state index contributed by atoms with van der Waals surface area (Å²) in [6.07, 6.45) is 5.89. The predicted molar refractivity (Wildman–Crippen MR) is 262 cm³/mol. The summed E-state index contributed by atoms with van der Waals surface area (Å²) < 4.78 is 4.56. The lowest BCUT2D eigenvalue weighted by atomic mass is 10.0. The fourth-order valence-electron chi connectivity index (χ4n) is 9.25. The Balaban J connectivity index is 1.06. The molecule has 5 aromatic heterocycles. The third-order valence-corrected chi connectivity index (χ3v) is 12.3. The Morgan fingerprint density at radius 1 is 0.344 bits per heavy atom. The van der Waals surface area contributed by atoms with E-state index >= 15 is 0 Å². The average Bonchev–Trinajstić information content (AvgIpc) is 3.89. The highest BCUT2D eigenvalue weighted by Gasteiger charge is 2.21. The molecule has 7 aromatic carbocycles. The molecular formula is C58H36N6. The summed E-state index contributed by atoms with van der Waals surface area (Å²) in [5, 5.41) is 4.53. The summed E-state index contributed by atoms with van der Waals surface area (Å²) in [5.41, 5.74) is 15.6. The zero-order valence-corrected chi connectivity index (χ0v) is 34.5. The van der Waals surface area contributed by atoms with Gasteiger partial charge in [-0.15, -0.1) is 0 Å². The van der Waals surface area contributed by atoms with Gasteiger partial charge in [-0.1, -0.05) is 158 Å². The van der Waals surface area contributed by atoms with E-state index < -0.39 is 0 Å². The van der Waals surface area contributed by atoms with Gasteiger partial charge in [0.05, 0.1) is 51.9 Å². The molecule has 0 fully saturated rings. The van der Waals surface area contributed by atoms with Gasteiger partial charge in [-0.05, 0) is 59.2 Å². The number of hydrogen-bond donors (Lipinski definition) is 0. The smallest absolute Gasteiger partial charge is 0.194 e. The third kappa shape index (κ3) is 6.14. The van der Waals surface area contributed by atoms with E-state index in [-0.39, 0.29) is 0 Å². The highest BCUT2D eigenvalue weighted by atomic mass is 15.1. The van der Waals surface area contributed by atoms with Gasteiger partial charge in [-0.3, -0.25) is 14.5 Å². The normalized spacial score (nSPS) is 11.4. The molecule has 12 aromatic rings. The van der Waals surface area contributed by atoms with Crippen molar-refractivity contribution in [3.05, 3.63) is 230 Å². The third-order valence-electron chi connectivity index (χ3n) is 12.3. The van der Waals surface area contributed by atoms with Gasteiger partial charge in [-0.2, -0.15) is 0 Å². The predicted octanol–water partition coefficient (Wildman–Crippen LogP) is 15.0. The van der Waals surface area contributed by atoms with Gasteiger partial charge in [0.1, 0.15) is 5.82 Å². The molecule has 0 N–H and O–H groups in total. The molecule has 0 bridgehead atoms. The zero-order valence-electron chi connectivity index (χ0n) is 34.5. The topological polar surface area (TPSA) is 52.9 Å². The number of para-hydroxylation sites is 3. The Hall–Kier alpha value is -8.92. The molecule has 5 heterocycles. The quantitative estimate of drug-likeness (QED) is 0.151. The Kier molecular flexibility index (Phi) is 8.77. The largest absolute Gasteiger partial charge is 0.307 e. The van der Waals surface area contributed by atoms with Gasteiger partial charge in [0, 0.05) is 61.8 Å². The van der Waals surface area contributed by atoms with Crippen LogP contribution in [0, 0.1) is 6.57 Å². The van der Waals surface area contributed by atoms with Crippen molar-refractivity contribution in [2.75, 3.05) is 0 Å². The molecule has 64 heavy (non-hydrogen) atoms. The van der Waals surface area contributed by atoms with E-state index in [1.165, 1.54) is 0 Å². The summed E-state index contributed by atoms with van der Waals surface area (Å²) in [7, 11) is 0. The first-order valence-electron chi connectivity index (χ1n) is 21.3. The summed E-state index contributed by atoms with van der Waals surface area (Å²) >= 11 is 0. The zero-order chi connectivity index (χ0) is 42.6. The minimum absolute atomic E-state index is 0.572. The molecule has 0 unspecified atom stereocenters. The van der Waals surface area contributed by atoms with Crippen LogP contribution in [-0.4, -0.2) is 24.1 Å². The van der Waals surface area contributed by atoms with Crippen molar-refractivity contribution in [1.82, 2.24) is 24.1 Å². The number of benzene rings is 7. The van der Waals surface area contributed by atoms with E-state index in [1.807, 2.05) is 79.3 Å². The number of rotatable bonds is 7. The van der Waals surface area contributed by atoms with Crippen molar-refractivity contribution in [3.8, 4) is 67.4 Å². The molecule has 0 atom stereocenters. The maximum Gasteiger partial charge on any atom is 0.194 e. The van der Waals surface area contributed by atoms with Crippen molar-refractivity contribution in [2.45, 2.75) is 0 Å². The minimum Gasteiger partial charge on any atom is -0.307 e. The first-order valence-corrected chi connectivity index (χ1v) is 21.3. The highest BCUT2D eigenvalue weighted by molar-refractivity contribution is 6.12. The molecule has 0 saturated carbocycles. The van der Waals surface area contributed by atoms with Gasteiger partial charge in [0.2, 0.25) is 0 Å². The number of fused-ring (bicyclic) bond motifs is 6. The van der Waals surface area contributed by atoms with Crippen LogP contribution in [0.15, 0.2) is 219 Å². The van der Waals surface area contributed by atoms with Crippen LogP contribution < -0.4 is 0 Å². The van der Waals surface area contributed by atoms with E-state index in [1.54, 1.807) is 0 Å². The Bertz CT molecular complexity index is 3770. The molecule has 0 aliphatic rings. The fourth-order valence-corrected chi connectivity index (χ4v) is 9.25. The van der Waals surface area contributed by atoms with Crippen LogP contribution in [0.5, 0.6) is 0 Å². The SMILES string of the molecule is [C-]#[N+]c1ccccc1-c1cc(-n2c3ccccc3c3ccc(-c4ccc(-c5ccccc5)nc4)cc32)ncc1-n1c2ccccc2c2ccc(-c3ccc(-c4ccccc4)nc3)cc21. The van der Waals surface area contributed by atoms with Crippen molar-refractivity contribution in [2.24, 2.45) is 0 Å². The maximum atomic E-state index is 8.30. The van der Waals surface area contributed by atoms with Gasteiger partial charge in [-0.25, -0.2) is 9.83 Å². The minimum atomic E-state index is 0.572. The summed E-state index contributed by atoms with van der Waals surface area (Å²) in [5.74, 6) is 0.755. The first-order chi connectivity index (χ1) is 31.7. The monoisotopic (exact) mass is 816 g/mol. The Labute approximate surface area is 369 Å². The molecule has 0 aliphatic carbocycles. The van der Waals surface area contributed by atoms with Crippen LogP contribution >= 0.6 is 0 Å². The second kappa shape index (κ2) is 15.2. The molecule has 0 amide bonds. The molecule has 0 radical (unpaired) electrons. The Morgan fingerprint density at radius 2 is 0.828 bits per heavy atom. The lowest BCUT2D eigenvalue weighted by molar-refractivity contribution is 1.06. The summed E-state index contributed by atoms with van der Waals surface area (Å²) in [6, 6.07) is 69.3. The highest BCUT2D eigenvalue weighted by Crippen LogP contribution is 2.42. The van der Waals surface area contributed by atoms with Crippen molar-refractivity contribution in [3.63, 3.8) is 0 Å². The van der Waals surface area contributed by atoms with E-state index in [0.29, 0.717) is 5.69 Å². The molecule has 0 aliphatic heterocycles. The average molecular weight is 817 g/mol. The number of hydrogen-bond acceptors (Lipinski definition) is 3.